The Morgan fingerprint density at radius 1 is 0.193 bits per heavy atom. The summed E-state index contributed by atoms with van der Waals surface area (Å²) in [6.07, 6.45) is -120. The van der Waals surface area contributed by atoms with E-state index in [-0.39, 0.29) is 0 Å². The molecule has 5 amide bonds. The zero-order valence-corrected chi connectivity index (χ0v) is 78.9. The predicted octanol–water partition coefficient (Wildman–Crippen LogP) is -23.4. The van der Waals surface area contributed by atoms with Crippen molar-refractivity contribution in [2.24, 2.45) is 0 Å². The minimum absolute atomic E-state index is 0.848. The fourth-order valence-electron chi connectivity index (χ4n) is 19.0. The van der Waals surface area contributed by atoms with Crippen LogP contribution in [-0.2, 0) is 133 Å². The zero-order chi connectivity index (χ0) is 107. The van der Waals surface area contributed by atoms with E-state index in [0.29, 0.717) is 0 Å². The van der Waals surface area contributed by atoms with E-state index in [4.69, 9.17) is 109 Å². The fourth-order valence-corrected chi connectivity index (χ4v) is 19.0. The Morgan fingerprint density at radius 3 is 0.841 bits per heavy atom. The molecule has 12 rings (SSSR count). The monoisotopic (exact) mass is 2120 g/mol. The molecule has 145 heavy (non-hydrogen) atoms. The van der Waals surface area contributed by atoms with Crippen molar-refractivity contribution in [1.82, 2.24) is 26.6 Å². The molecule has 12 aliphatic heterocycles. The van der Waals surface area contributed by atoms with Gasteiger partial charge in [0.1, 0.15) is 274 Å². The van der Waals surface area contributed by atoms with Crippen LogP contribution in [0.5, 0.6) is 0 Å². The summed E-state index contributed by atoms with van der Waals surface area (Å²) < 4.78 is 142. The fraction of sp³-hybridized carbons (Fsp3) is 0.939. The summed E-state index contributed by atoms with van der Waals surface area (Å²) in [6, 6.07) is -10.2. The Hall–Kier alpha value is -4.77. The van der Waals surface area contributed by atoms with Crippen LogP contribution in [0.1, 0.15) is 55.4 Å². The lowest BCUT2D eigenvalue weighted by atomic mass is 9.93. The molecular formula is C82H137N5O58. The minimum Gasteiger partial charge on any atom is -0.394 e. The van der Waals surface area contributed by atoms with E-state index < -0.39 is 457 Å². The average Bonchev–Trinajstić information content (AvgIpc) is 0.749. The maximum absolute atomic E-state index is 14.1. The second kappa shape index (κ2) is 51.5. The Balaban J connectivity index is 0.985. The Bertz CT molecular complexity index is 4070. The lowest BCUT2D eigenvalue weighted by molar-refractivity contribution is -0.413. The lowest BCUT2D eigenvalue weighted by Gasteiger charge is -2.53. The molecule has 0 aromatic carbocycles. The van der Waals surface area contributed by atoms with Crippen LogP contribution >= 0.6 is 0 Å². The molecule has 0 spiro atoms. The van der Waals surface area contributed by atoms with E-state index in [9.17, 15) is 177 Å². The molecule has 0 bridgehead atoms. The lowest BCUT2D eigenvalue weighted by Crippen LogP contribution is -2.72. The van der Waals surface area contributed by atoms with Gasteiger partial charge in [-0.15, -0.1) is 0 Å². The smallest absolute Gasteiger partial charge is 0.217 e. The zero-order valence-electron chi connectivity index (χ0n) is 78.9. The molecular weight excluding hydrogens is 1980 g/mol. The van der Waals surface area contributed by atoms with E-state index >= 15 is 0 Å². The number of carbonyl (C=O) groups excluding carboxylic acids is 5. The molecule has 0 radical (unpaired) electrons. The molecule has 63 nitrogen and oxygen atoms in total. The van der Waals surface area contributed by atoms with E-state index in [0.717, 1.165) is 34.6 Å². The van der Waals surface area contributed by atoms with Gasteiger partial charge in [-0.3, -0.25) is 24.0 Å². The second-order valence-corrected chi connectivity index (χ2v) is 37.3. The molecule has 0 aromatic rings. The van der Waals surface area contributed by atoms with Gasteiger partial charge in [-0.25, -0.2) is 0 Å². The first-order valence-corrected chi connectivity index (χ1v) is 46.7. The summed E-state index contributed by atoms with van der Waals surface area (Å²) in [7, 11) is 0. The summed E-state index contributed by atoms with van der Waals surface area (Å²) in [5.74, 6) is -5.07. The van der Waals surface area contributed by atoms with Crippen LogP contribution < -0.4 is 26.6 Å². The number of amides is 5. The molecule has 12 heterocycles. The van der Waals surface area contributed by atoms with Gasteiger partial charge in [0.05, 0.1) is 77.8 Å². The van der Waals surface area contributed by atoms with Crippen molar-refractivity contribution in [3.05, 3.63) is 0 Å². The van der Waals surface area contributed by atoms with Gasteiger partial charge in [-0.1, -0.05) is 0 Å². The van der Waals surface area contributed by atoms with E-state index in [1.807, 2.05) is 0 Å². The van der Waals surface area contributed by atoms with Gasteiger partial charge in [0.15, 0.2) is 75.5 Å². The van der Waals surface area contributed by atoms with Gasteiger partial charge in [0.2, 0.25) is 29.5 Å². The third-order valence-electron chi connectivity index (χ3n) is 27.0. The van der Waals surface area contributed by atoms with Crippen LogP contribution in [0, 0.1) is 0 Å². The molecule has 63 heteroatoms. The number of ether oxygens (including phenoxy) is 23. The topological polar surface area (TPSA) is 965 Å². The van der Waals surface area contributed by atoms with Crippen molar-refractivity contribution >= 4 is 29.5 Å². The maximum Gasteiger partial charge on any atom is 0.217 e. The van der Waals surface area contributed by atoms with Crippen molar-refractivity contribution in [3.63, 3.8) is 0 Å². The molecule has 0 unspecified atom stereocenters. The standard InChI is InChI=1S/C82H137N5O58/c1-18-40(100)52(112)58(118)76(125-18)123-16-33-63(50(110)35(71(122)128-33)83-21(4)95)137-74-38(86-24(7)98)51(111)62(31(14-93)134-74)138-79-61(121)67(65(139-72-36(84-22(5)96)48(108)43(103)26(9-88)129-72)34(136-79)17-124-80-68(55(115)45(105)28(11-90)131-80)143-73-37(85-23(6)97)49(109)44(104)27(10-89)130-73)142-82-69(56(116)46(106)30(13-92)133-82)144-75-39(87-25(8)99)66(141-77-59(119)53(113)41(101)19(2)126-77)64(32(15-94)135-75)140-81-70(57(117)47(107)29(12-91)132-81)145-78-60(120)54(114)42(102)20(3)127-78/h18-20,26-82,88-94,100-122H,9-17H2,1-8H3,(H,83,95)(H,84,96)(H,85,97)(H,86,98)(H,87,99)/t18-,19-,20-,26+,27+,28+,29+,30+,31+,32+,33+,34+,35+,36+,37+,38+,39+,40+,41+,42+,43+,44+,45+,46+,47-,48+,49+,50+,51+,52+,53+,54+,55-,56-,57-,58-,59-,60-,61-,62+,63+,64+,65+,66+,67+,68-,69-,70+,71-,72-,73-,74-,75-,76+,77-,78-,79-,80-,81-,82+/m0/s1. The van der Waals surface area contributed by atoms with E-state index in [2.05, 4.69) is 26.6 Å². The minimum atomic E-state index is -2.88. The van der Waals surface area contributed by atoms with Gasteiger partial charge in [-0.05, 0) is 20.8 Å². The maximum atomic E-state index is 14.1. The quantitative estimate of drug-likeness (QED) is 0.0277. The molecule has 12 saturated heterocycles. The summed E-state index contributed by atoms with van der Waals surface area (Å²) in [5.41, 5.74) is 0. The van der Waals surface area contributed by atoms with E-state index in [1.54, 1.807) is 0 Å². The van der Waals surface area contributed by atoms with Gasteiger partial charge >= 0.3 is 0 Å². The Morgan fingerprint density at radius 2 is 0.434 bits per heavy atom. The van der Waals surface area contributed by atoms with Crippen LogP contribution in [0.15, 0.2) is 0 Å². The van der Waals surface area contributed by atoms with Gasteiger partial charge in [0.25, 0.3) is 0 Å². The largest absolute Gasteiger partial charge is 0.394 e. The number of carbonyl (C=O) groups is 5. The van der Waals surface area contributed by atoms with Crippen LogP contribution in [0.25, 0.3) is 0 Å². The van der Waals surface area contributed by atoms with Crippen LogP contribution in [0.3, 0.4) is 0 Å². The average molecular weight is 2120 g/mol. The first kappa shape index (κ1) is 119. The third-order valence-corrected chi connectivity index (χ3v) is 27.0. The first-order chi connectivity index (χ1) is 68.5. The molecule has 0 aromatic heterocycles. The van der Waals surface area contributed by atoms with Crippen molar-refractivity contribution in [2.75, 3.05) is 59.5 Å². The van der Waals surface area contributed by atoms with Crippen molar-refractivity contribution in [1.29, 1.82) is 0 Å². The molecule has 35 N–H and O–H groups in total. The molecule has 0 saturated carbocycles. The summed E-state index contributed by atoms with van der Waals surface area (Å²) in [4.78, 5) is 66.5. The van der Waals surface area contributed by atoms with E-state index in [1.165, 1.54) is 20.8 Å². The molecule has 12 fully saturated rings. The molecule has 60 atom stereocenters. The number of nitrogens with one attached hydrogen (secondary N) is 5. The van der Waals surface area contributed by atoms with Gasteiger partial charge < -0.3 is 289 Å². The van der Waals surface area contributed by atoms with Gasteiger partial charge in [-0.2, -0.15) is 0 Å². The van der Waals surface area contributed by atoms with Gasteiger partial charge in [0, 0.05) is 34.6 Å². The second-order valence-electron chi connectivity index (χ2n) is 37.3. The highest BCUT2D eigenvalue weighted by molar-refractivity contribution is 5.75. The summed E-state index contributed by atoms with van der Waals surface area (Å²) in [5, 5.41) is 355. The number of aliphatic hydroxyl groups excluding tert-OH is 30. The summed E-state index contributed by atoms with van der Waals surface area (Å²) >= 11 is 0. The molecule has 12 aliphatic rings. The highest BCUT2D eigenvalue weighted by Gasteiger charge is 2.64. The Kier molecular flexibility index (Phi) is 42.2. The number of aliphatic hydroxyl groups is 30. The van der Waals surface area contributed by atoms with Crippen LogP contribution in [-0.4, -0.2) is 610 Å². The highest BCUT2D eigenvalue weighted by atomic mass is 16.8. The molecule has 0 aliphatic carbocycles. The number of hydrogen-bond acceptors (Lipinski definition) is 58. The molecule has 838 valence electrons. The predicted molar refractivity (Wildman–Crippen MR) is 449 cm³/mol. The van der Waals surface area contributed by atoms with Crippen molar-refractivity contribution < 1.29 is 286 Å². The number of rotatable bonds is 36. The van der Waals surface area contributed by atoms with Crippen LogP contribution in [0.2, 0.25) is 0 Å². The SMILES string of the molecule is CC(=O)N[C@@H]1[C@@H](O)[C@H](O[C@@H]2O[C@H](CO)[C@@H](O[C@@H]3O[C@H](CO[C@H]4O[C@H](CO)[C@@H](O)[C@H](O)[C@@H]4O[C@@H]4O[C@H](CO)[C@@H](O)[C@H](O)[C@H]4NC(C)=O)[C@@H](O[C@@H]4O[C@H](CO)[C@@H](O)[C@H](O)[C@H]4NC(C)=O)[C@H](O[C@H]4O[C@H](CO)[C@@H](O)[C@H](O)[C@@H]4O[C@@H]4O[C@H](CO)[C@@H](O[C@@H]5O[C@H](CO)[C@H](O)[C@H](O)[C@H]5O[C@@H]5O[C@@H](C)[C@@H](O)[C@@H](O)[C@@H]5O)[C@H](O[C@@H]5O[C@@H](C)[C@@H](O)[C@@H](O)[C@@H]5O)[C@H]4NC(C)=O)[C@@H]3O)[C@H](O)[C@H]2NC(C)=O)[C@@H](CO[C@@H]2O[C@@H](C)[C@@H](O)[C@@H](O)[C@@H]2O)O[C@@H]1O. The highest BCUT2D eigenvalue weighted by Crippen LogP contribution is 2.44. The summed E-state index contributed by atoms with van der Waals surface area (Å²) in [6.45, 7) is -2.91. The third kappa shape index (κ3) is 26.4. The number of hydrogen-bond donors (Lipinski definition) is 35. The Labute approximate surface area is 822 Å². The van der Waals surface area contributed by atoms with Crippen molar-refractivity contribution in [2.45, 2.75) is 424 Å². The first-order valence-electron chi connectivity index (χ1n) is 46.7. The van der Waals surface area contributed by atoms with Crippen molar-refractivity contribution in [3.8, 4) is 0 Å². The van der Waals surface area contributed by atoms with Crippen LogP contribution in [0.4, 0.5) is 0 Å². The normalized spacial score (nSPS) is 50.1.